The lowest BCUT2D eigenvalue weighted by Crippen LogP contribution is -2.55. The van der Waals surface area contributed by atoms with Gasteiger partial charge in [-0.05, 0) is 32.0 Å². The van der Waals surface area contributed by atoms with Crippen molar-refractivity contribution in [3.05, 3.63) is 66.2 Å². The molecule has 5 rings (SSSR count). The SMILES string of the molecule is Cc1cn(-c2nccc3c(S(=O)(=O)N4CCN(C(=O)c5ccccc5)CC4C)c[nH]c23)nn1. The Morgan fingerprint density at radius 1 is 1.15 bits per heavy atom. The molecule has 1 unspecified atom stereocenters. The maximum atomic E-state index is 13.6. The molecular formula is C22H23N7O3S. The second-order valence-electron chi connectivity index (χ2n) is 8.10. The van der Waals surface area contributed by atoms with Crippen LogP contribution < -0.4 is 0 Å². The number of amides is 1. The van der Waals surface area contributed by atoms with Crippen LogP contribution >= 0.6 is 0 Å². The highest BCUT2D eigenvalue weighted by Gasteiger charge is 2.36. The molecule has 4 heterocycles. The summed E-state index contributed by atoms with van der Waals surface area (Å²) in [4.78, 5) is 22.1. The smallest absolute Gasteiger partial charge is 0.253 e. The van der Waals surface area contributed by atoms with Gasteiger partial charge in [-0.2, -0.15) is 8.99 Å². The quantitative estimate of drug-likeness (QED) is 0.493. The summed E-state index contributed by atoms with van der Waals surface area (Å²) < 4.78 is 30.2. The molecule has 1 amide bonds. The van der Waals surface area contributed by atoms with Crippen LogP contribution in [-0.4, -0.2) is 74.2 Å². The zero-order valence-corrected chi connectivity index (χ0v) is 19.0. The Labute approximate surface area is 190 Å². The van der Waals surface area contributed by atoms with Crippen molar-refractivity contribution >= 4 is 26.8 Å². The third kappa shape index (κ3) is 3.68. The van der Waals surface area contributed by atoms with Gasteiger partial charge in [0.05, 0.1) is 17.4 Å². The van der Waals surface area contributed by atoms with Crippen molar-refractivity contribution in [2.75, 3.05) is 19.6 Å². The molecule has 3 aromatic heterocycles. The lowest BCUT2D eigenvalue weighted by atomic mass is 10.1. The minimum atomic E-state index is -3.81. The van der Waals surface area contributed by atoms with Gasteiger partial charge in [0.25, 0.3) is 5.91 Å². The highest BCUT2D eigenvalue weighted by molar-refractivity contribution is 7.89. The van der Waals surface area contributed by atoms with E-state index in [1.165, 1.54) is 15.2 Å². The van der Waals surface area contributed by atoms with Crippen molar-refractivity contribution in [1.29, 1.82) is 0 Å². The highest BCUT2D eigenvalue weighted by Crippen LogP contribution is 2.30. The second kappa shape index (κ2) is 8.09. The molecule has 0 bridgehead atoms. The first-order chi connectivity index (χ1) is 15.9. The number of aromatic amines is 1. The second-order valence-corrected chi connectivity index (χ2v) is 9.96. The number of nitrogens with zero attached hydrogens (tertiary/aromatic N) is 6. The number of fused-ring (bicyclic) bond motifs is 1. The minimum Gasteiger partial charge on any atom is -0.357 e. The van der Waals surface area contributed by atoms with Crippen LogP contribution in [0.2, 0.25) is 0 Å². The monoisotopic (exact) mass is 465 g/mol. The van der Waals surface area contributed by atoms with E-state index in [1.807, 2.05) is 32.0 Å². The van der Waals surface area contributed by atoms with Crippen LogP contribution in [0.15, 0.2) is 59.9 Å². The molecule has 1 aromatic carbocycles. The number of aryl methyl sites for hydroxylation is 1. The number of benzene rings is 1. The number of aromatic nitrogens is 5. The molecule has 1 N–H and O–H groups in total. The molecule has 1 aliphatic rings. The largest absolute Gasteiger partial charge is 0.357 e. The van der Waals surface area contributed by atoms with Crippen LogP contribution in [0, 0.1) is 6.92 Å². The van der Waals surface area contributed by atoms with Gasteiger partial charge in [-0.1, -0.05) is 23.4 Å². The van der Waals surface area contributed by atoms with Crippen molar-refractivity contribution in [2.24, 2.45) is 0 Å². The lowest BCUT2D eigenvalue weighted by Gasteiger charge is -2.38. The molecule has 0 aliphatic carbocycles. The van der Waals surface area contributed by atoms with Crippen molar-refractivity contribution in [3.63, 3.8) is 0 Å². The number of hydrogen-bond donors (Lipinski definition) is 1. The van der Waals surface area contributed by atoms with E-state index in [2.05, 4.69) is 20.3 Å². The van der Waals surface area contributed by atoms with Crippen LogP contribution in [0.3, 0.4) is 0 Å². The Balaban J connectivity index is 1.43. The molecule has 1 aliphatic heterocycles. The molecule has 4 aromatic rings. The van der Waals surface area contributed by atoms with Gasteiger partial charge < -0.3 is 9.88 Å². The molecule has 1 saturated heterocycles. The van der Waals surface area contributed by atoms with E-state index in [9.17, 15) is 13.2 Å². The van der Waals surface area contributed by atoms with Crippen molar-refractivity contribution < 1.29 is 13.2 Å². The molecule has 170 valence electrons. The zero-order valence-electron chi connectivity index (χ0n) is 18.2. The maximum Gasteiger partial charge on any atom is 0.253 e. The van der Waals surface area contributed by atoms with Crippen molar-refractivity contribution in [2.45, 2.75) is 24.8 Å². The van der Waals surface area contributed by atoms with E-state index in [-0.39, 0.29) is 23.4 Å². The number of pyridine rings is 1. The molecule has 1 fully saturated rings. The average Bonchev–Trinajstić information content (AvgIpc) is 3.45. The summed E-state index contributed by atoms with van der Waals surface area (Å²) in [5.74, 6) is 0.381. The number of H-pyrrole nitrogens is 1. The van der Waals surface area contributed by atoms with Crippen LogP contribution in [0.25, 0.3) is 16.7 Å². The van der Waals surface area contributed by atoms with E-state index >= 15 is 0 Å². The minimum absolute atomic E-state index is 0.0922. The van der Waals surface area contributed by atoms with Gasteiger partial charge in [-0.25, -0.2) is 13.4 Å². The van der Waals surface area contributed by atoms with Crippen LogP contribution in [0.5, 0.6) is 0 Å². The zero-order chi connectivity index (χ0) is 23.2. The van der Waals surface area contributed by atoms with E-state index in [0.717, 1.165) is 5.69 Å². The van der Waals surface area contributed by atoms with E-state index < -0.39 is 10.0 Å². The predicted octanol–water partition coefficient (Wildman–Crippen LogP) is 1.99. The first kappa shape index (κ1) is 21.3. The Morgan fingerprint density at radius 2 is 1.94 bits per heavy atom. The van der Waals surface area contributed by atoms with E-state index in [0.29, 0.717) is 35.4 Å². The number of nitrogens with one attached hydrogen (secondary N) is 1. The normalized spacial score (nSPS) is 17.5. The summed E-state index contributed by atoms with van der Waals surface area (Å²) in [6.45, 7) is 4.50. The Bertz CT molecular complexity index is 1430. The number of rotatable bonds is 4. The molecule has 1 atom stereocenters. The summed E-state index contributed by atoms with van der Waals surface area (Å²) in [5.41, 5.74) is 1.89. The lowest BCUT2D eigenvalue weighted by molar-refractivity contribution is 0.0642. The van der Waals surface area contributed by atoms with Gasteiger partial charge in [0.2, 0.25) is 10.0 Å². The highest BCUT2D eigenvalue weighted by atomic mass is 32.2. The molecule has 11 heteroatoms. The third-order valence-corrected chi connectivity index (χ3v) is 7.88. The fourth-order valence-electron chi connectivity index (χ4n) is 4.22. The van der Waals surface area contributed by atoms with Gasteiger partial charge in [0.15, 0.2) is 5.82 Å². The summed E-state index contributed by atoms with van der Waals surface area (Å²) in [6, 6.07) is 10.3. The Morgan fingerprint density at radius 3 is 2.64 bits per heavy atom. The molecule has 33 heavy (non-hydrogen) atoms. The number of sulfonamides is 1. The van der Waals surface area contributed by atoms with Crippen LogP contribution in [0.4, 0.5) is 0 Å². The number of carbonyl (C=O) groups is 1. The standard InChI is InChI=1S/C22H23N7O3S/c1-15-13-28(26-25-15)21-20-18(8-9-23-21)19(12-24-20)33(31,32)29-11-10-27(14-16(29)2)22(30)17-6-4-3-5-7-17/h3-9,12-13,16,24H,10-11,14H2,1-2H3. The predicted molar refractivity (Wildman–Crippen MR) is 121 cm³/mol. The van der Waals surface area contributed by atoms with Crippen molar-refractivity contribution in [1.82, 2.24) is 34.2 Å². The average molecular weight is 466 g/mol. The number of piperazine rings is 1. The third-order valence-electron chi connectivity index (χ3n) is 5.83. The van der Waals surface area contributed by atoms with Gasteiger partial charge in [0.1, 0.15) is 4.90 Å². The summed E-state index contributed by atoms with van der Waals surface area (Å²) in [5, 5.41) is 8.56. The Hall–Kier alpha value is -3.57. The number of carbonyl (C=O) groups excluding carboxylic acids is 1. The van der Waals surface area contributed by atoms with Crippen LogP contribution in [0.1, 0.15) is 23.0 Å². The maximum absolute atomic E-state index is 13.6. The van der Waals surface area contributed by atoms with Crippen molar-refractivity contribution in [3.8, 4) is 5.82 Å². The summed E-state index contributed by atoms with van der Waals surface area (Å²) in [7, 11) is -3.81. The molecule has 0 saturated carbocycles. The first-order valence-electron chi connectivity index (χ1n) is 10.6. The van der Waals surface area contributed by atoms with Gasteiger partial charge in [-0.15, -0.1) is 5.10 Å². The molecule has 10 nitrogen and oxygen atoms in total. The summed E-state index contributed by atoms with van der Waals surface area (Å²) in [6.07, 6.45) is 4.77. The molecule has 0 radical (unpaired) electrons. The molecular weight excluding hydrogens is 442 g/mol. The fourth-order valence-corrected chi connectivity index (χ4v) is 5.99. The first-order valence-corrected chi connectivity index (χ1v) is 12.0. The van der Waals surface area contributed by atoms with E-state index in [4.69, 9.17) is 0 Å². The van der Waals surface area contributed by atoms with Crippen LogP contribution in [-0.2, 0) is 10.0 Å². The van der Waals surface area contributed by atoms with Gasteiger partial charge in [0, 0.05) is 49.0 Å². The summed E-state index contributed by atoms with van der Waals surface area (Å²) >= 11 is 0. The number of hydrogen-bond acceptors (Lipinski definition) is 6. The van der Waals surface area contributed by atoms with E-state index in [1.54, 1.807) is 35.5 Å². The Kier molecular flexibility index (Phi) is 5.22. The molecule has 0 spiro atoms. The van der Waals surface area contributed by atoms with Gasteiger partial charge in [-0.3, -0.25) is 4.79 Å². The topological polar surface area (TPSA) is 117 Å². The van der Waals surface area contributed by atoms with Gasteiger partial charge >= 0.3 is 0 Å². The fraction of sp³-hybridized carbons (Fsp3) is 0.273.